The molecule has 4 N–H and O–H groups in total. The molecule has 0 radical (unpaired) electrons. The highest BCUT2D eigenvalue weighted by atomic mass is 16.6. The average molecular weight is 1070 g/mol. The summed E-state index contributed by atoms with van der Waals surface area (Å²) >= 11 is 0. The van der Waals surface area contributed by atoms with Crippen LogP contribution in [0.25, 0.3) is 0 Å². The van der Waals surface area contributed by atoms with Gasteiger partial charge in [0.1, 0.15) is 100 Å². The Kier molecular flexibility index (Phi) is 19.5. The third kappa shape index (κ3) is 16.0. The molecule has 0 spiro atoms. The minimum atomic E-state index is -1.15. The summed E-state index contributed by atoms with van der Waals surface area (Å²) in [6.07, 6.45) is 0.737. The second kappa shape index (κ2) is 27.6. The van der Waals surface area contributed by atoms with E-state index in [-0.39, 0.29) is 75.9 Å². The first kappa shape index (κ1) is 55.2. The van der Waals surface area contributed by atoms with E-state index in [4.69, 9.17) is 55.6 Å². The van der Waals surface area contributed by atoms with Crippen molar-refractivity contribution in [3.63, 3.8) is 0 Å². The summed E-state index contributed by atoms with van der Waals surface area (Å²) in [5.41, 5.74) is 3.29. The molecule has 20 heteroatoms. The largest absolute Gasteiger partial charge is 0.491 e. The van der Waals surface area contributed by atoms with E-state index in [9.17, 15) is 39.6 Å². The highest BCUT2D eigenvalue weighted by molar-refractivity contribution is 5.87. The Morgan fingerprint density at radius 3 is 0.692 bits per heavy atom. The summed E-state index contributed by atoms with van der Waals surface area (Å²) < 4.78 is 64.5. The lowest BCUT2D eigenvalue weighted by Gasteiger charge is -2.30. The fraction of sp³-hybridized carbons (Fsp3) is 0.241. The molecule has 0 fully saturated rings. The van der Waals surface area contributed by atoms with Crippen LogP contribution in [-0.4, -0.2) is 122 Å². The highest BCUT2D eigenvalue weighted by Crippen LogP contribution is 2.44. The van der Waals surface area contributed by atoms with Crippen LogP contribution >= 0.6 is 0 Å². The van der Waals surface area contributed by atoms with Crippen molar-refractivity contribution in [2.24, 2.45) is 0 Å². The summed E-state index contributed by atoms with van der Waals surface area (Å²) in [5, 5.41) is 42.4. The SMILES string of the molecule is O=C(OCC(O)COc1ccc(C(c2ccc(OCC(O)COC(=O)c3ccco3)cc2)C(c2ccc(OCC(O)COC(=O)c3ccco3)cc2)c2ccc(OCC(O)COC(=O)c3ccco3)cc2)cc1)c1ccco1. The first-order valence-electron chi connectivity index (χ1n) is 24.4. The van der Waals surface area contributed by atoms with Crippen LogP contribution in [0.3, 0.4) is 0 Å². The summed E-state index contributed by atoms with van der Waals surface area (Å²) in [7, 11) is 0. The van der Waals surface area contributed by atoms with Gasteiger partial charge in [-0.05, 0) is 119 Å². The number of esters is 4. The molecular weight excluding hydrogens is 1020 g/mol. The van der Waals surface area contributed by atoms with Gasteiger partial charge < -0.3 is 76.0 Å². The van der Waals surface area contributed by atoms with E-state index in [1.807, 2.05) is 48.5 Å². The Morgan fingerprint density at radius 1 is 0.308 bits per heavy atom. The van der Waals surface area contributed by atoms with Crippen LogP contribution in [0.15, 0.2) is 188 Å². The van der Waals surface area contributed by atoms with Crippen LogP contribution in [0.4, 0.5) is 0 Å². The van der Waals surface area contributed by atoms with E-state index in [0.29, 0.717) is 23.0 Å². The van der Waals surface area contributed by atoms with E-state index >= 15 is 0 Å². The maximum absolute atomic E-state index is 12.2. The number of hydrogen-bond acceptors (Lipinski definition) is 20. The standard InChI is InChI=1S/C58H54O20/c59-41(33-75-55(63)49-5-1-25-67-49)29-71-45-17-9-37(10-18-45)53(38-11-19-46(20-12-38)72-30-42(60)34-76-56(64)50-6-2-26-68-50)54(39-13-21-47(22-14-39)73-31-43(61)35-77-57(65)51-7-3-27-69-51)40-15-23-48(24-16-40)74-32-44(62)36-78-58(66)52-8-4-28-70-52/h1-28,41-44,53-54,59-62H,29-36H2. The second-order valence-electron chi connectivity index (χ2n) is 17.4. The number of hydrogen-bond donors (Lipinski definition) is 4. The lowest BCUT2D eigenvalue weighted by molar-refractivity contribution is 0.0103. The Labute approximate surface area is 445 Å². The maximum atomic E-state index is 12.2. The predicted molar refractivity (Wildman–Crippen MR) is 271 cm³/mol. The van der Waals surface area contributed by atoms with Gasteiger partial charge in [-0.25, -0.2) is 19.2 Å². The Balaban J connectivity index is 1.02. The van der Waals surface area contributed by atoms with Crippen LogP contribution in [0.2, 0.25) is 0 Å². The summed E-state index contributed by atoms with van der Waals surface area (Å²) in [6, 6.07) is 41.1. The molecule has 8 aromatic rings. The molecule has 4 heterocycles. The summed E-state index contributed by atoms with van der Waals surface area (Å²) in [6.45, 7) is -2.11. The van der Waals surface area contributed by atoms with Gasteiger partial charge in [-0.15, -0.1) is 0 Å². The van der Waals surface area contributed by atoms with Crippen molar-refractivity contribution in [2.45, 2.75) is 36.3 Å². The molecule has 0 bridgehead atoms. The van der Waals surface area contributed by atoms with Crippen LogP contribution in [0, 0.1) is 0 Å². The quantitative estimate of drug-likeness (QED) is 0.0262. The van der Waals surface area contributed by atoms with Crippen LogP contribution < -0.4 is 18.9 Å². The molecule has 0 aliphatic rings. The van der Waals surface area contributed by atoms with Gasteiger partial charge in [0.25, 0.3) is 0 Å². The van der Waals surface area contributed by atoms with Gasteiger partial charge in [-0.1, -0.05) is 48.5 Å². The molecule has 4 aromatic heterocycles. The molecule has 0 aliphatic carbocycles. The van der Waals surface area contributed by atoms with E-state index in [0.717, 1.165) is 22.3 Å². The Hall–Kier alpha value is -9.08. The zero-order valence-corrected chi connectivity index (χ0v) is 41.6. The van der Waals surface area contributed by atoms with Gasteiger partial charge in [0.05, 0.1) is 25.1 Å². The lowest BCUT2D eigenvalue weighted by atomic mass is 9.73. The second-order valence-corrected chi connectivity index (χ2v) is 17.4. The van der Waals surface area contributed by atoms with Crippen LogP contribution in [0.1, 0.15) is 76.3 Å². The maximum Gasteiger partial charge on any atom is 0.374 e. The molecule has 0 saturated heterocycles. The van der Waals surface area contributed by atoms with Crippen molar-refractivity contribution in [1.82, 2.24) is 0 Å². The van der Waals surface area contributed by atoms with Gasteiger partial charge in [0, 0.05) is 11.8 Å². The van der Waals surface area contributed by atoms with E-state index in [1.165, 1.54) is 49.3 Å². The number of aliphatic hydroxyl groups is 4. The van der Waals surface area contributed by atoms with Crippen molar-refractivity contribution in [3.05, 3.63) is 216 Å². The molecule has 78 heavy (non-hydrogen) atoms. The van der Waals surface area contributed by atoms with Gasteiger partial charge in [-0.3, -0.25) is 0 Å². The van der Waals surface area contributed by atoms with E-state index in [2.05, 4.69) is 0 Å². The number of carbonyl (C=O) groups is 4. The Morgan fingerprint density at radius 2 is 0.513 bits per heavy atom. The van der Waals surface area contributed by atoms with Crippen LogP contribution in [-0.2, 0) is 18.9 Å². The van der Waals surface area contributed by atoms with Gasteiger partial charge in [0.2, 0.25) is 23.0 Å². The van der Waals surface area contributed by atoms with Crippen molar-refractivity contribution in [1.29, 1.82) is 0 Å². The number of ether oxygens (including phenoxy) is 8. The number of carbonyl (C=O) groups excluding carboxylic acids is 4. The molecule has 0 aliphatic heterocycles. The van der Waals surface area contributed by atoms with E-state index in [1.54, 1.807) is 72.8 Å². The van der Waals surface area contributed by atoms with Crippen molar-refractivity contribution in [2.75, 3.05) is 52.9 Å². The molecule has 4 unspecified atom stereocenters. The van der Waals surface area contributed by atoms with E-state index < -0.39 is 60.1 Å². The molecule has 0 amide bonds. The lowest BCUT2D eigenvalue weighted by Crippen LogP contribution is -2.25. The number of aliphatic hydroxyl groups excluding tert-OH is 4. The molecular formula is C58H54O20. The highest BCUT2D eigenvalue weighted by Gasteiger charge is 2.30. The third-order valence-corrected chi connectivity index (χ3v) is 11.6. The predicted octanol–water partition coefficient (Wildman–Crippen LogP) is 7.41. The average Bonchev–Trinajstić information content (AvgIpc) is 4.37. The van der Waals surface area contributed by atoms with Gasteiger partial charge in [0.15, 0.2) is 0 Å². The molecule has 4 atom stereocenters. The zero-order chi connectivity index (χ0) is 54.6. The normalized spacial score (nSPS) is 13.4. The van der Waals surface area contributed by atoms with Crippen molar-refractivity contribution >= 4 is 23.9 Å². The fourth-order valence-electron chi connectivity index (χ4n) is 7.75. The number of rotatable bonds is 29. The number of furan rings is 4. The summed E-state index contributed by atoms with van der Waals surface area (Å²) in [4.78, 5) is 49.0. The van der Waals surface area contributed by atoms with Gasteiger partial charge in [-0.2, -0.15) is 0 Å². The zero-order valence-electron chi connectivity index (χ0n) is 41.6. The monoisotopic (exact) mass is 1070 g/mol. The molecule has 20 nitrogen and oxygen atoms in total. The minimum absolute atomic E-state index is 0.000102. The fourth-order valence-corrected chi connectivity index (χ4v) is 7.75. The topological polar surface area (TPSA) is 276 Å². The third-order valence-electron chi connectivity index (χ3n) is 11.6. The van der Waals surface area contributed by atoms with Crippen molar-refractivity contribution < 1.29 is 95.2 Å². The van der Waals surface area contributed by atoms with Gasteiger partial charge >= 0.3 is 23.9 Å². The smallest absolute Gasteiger partial charge is 0.374 e. The summed E-state index contributed by atoms with van der Waals surface area (Å²) in [5.74, 6) is -2.15. The number of benzene rings is 4. The van der Waals surface area contributed by atoms with Crippen LogP contribution in [0.5, 0.6) is 23.0 Å². The minimum Gasteiger partial charge on any atom is -0.491 e. The Bertz CT molecular complexity index is 2630. The first-order valence-corrected chi connectivity index (χ1v) is 24.4. The van der Waals surface area contributed by atoms with Crippen molar-refractivity contribution in [3.8, 4) is 23.0 Å². The molecule has 406 valence electrons. The molecule has 8 rings (SSSR count). The molecule has 4 aromatic carbocycles. The molecule has 0 saturated carbocycles. The first-order chi connectivity index (χ1) is 37.9.